The van der Waals surface area contributed by atoms with Crippen LogP contribution in [0.4, 0.5) is 0 Å². The number of rotatable bonds is 3. The van der Waals surface area contributed by atoms with Crippen LogP contribution in [0.25, 0.3) is 0 Å². The highest BCUT2D eigenvalue weighted by Crippen LogP contribution is 2.06. The third-order valence-corrected chi connectivity index (χ3v) is 2.78. The molecule has 1 aromatic heterocycles. The first-order valence-electron chi connectivity index (χ1n) is 5.45. The van der Waals surface area contributed by atoms with Gasteiger partial charge in [0.2, 0.25) is 5.91 Å². The number of carbonyl (C=O) groups is 1. The molecule has 1 aromatic rings. The van der Waals surface area contributed by atoms with Gasteiger partial charge in [0, 0.05) is 32.5 Å². The standard InChI is InChI=1S/C11H17N3O2/c1-14-3-2-8(7-14)5-13-11(16)10-4-9(15)6-12-10/h2-3,7,9-10,12,15H,4-6H2,1H3,(H,13,16). The van der Waals surface area contributed by atoms with Gasteiger partial charge in [-0.05, 0) is 18.1 Å². The SMILES string of the molecule is Cn1ccc(CNC(=O)C2CC(O)CN2)c1. The maximum absolute atomic E-state index is 11.7. The molecule has 5 heteroatoms. The van der Waals surface area contributed by atoms with Crippen LogP contribution in [0.15, 0.2) is 18.5 Å². The number of nitrogens with one attached hydrogen (secondary N) is 2. The molecule has 1 saturated heterocycles. The van der Waals surface area contributed by atoms with Gasteiger partial charge in [0.15, 0.2) is 0 Å². The zero-order valence-electron chi connectivity index (χ0n) is 9.31. The second-order valence-electron chi connectivity index (χ2n) is 4.25. The maximum atomic E-state index is 11.7. The monoisotopic (exact) mass is 223 g/mol. The van der Waals surface area contributed by atoms with E-state index in [0.717, 1.165) is 5.56 Å². The Morgan fingerprint density at radius 1 is 1.75 bits per heavy atom. The van der Waals surface area contributed by atoms with Gasteiger partial charge in [0.25, 0.3) is 0 Å². The van der Waals surface area contributed by atoms with Crippen molar-refractivity contribution in [2.24, 2.45) is 7.05 Å². The van der Waals surface area contributed by atoms with Crippen LogP contribution < -0.4 is 10.6 Å². The van der Waals surface area contributed by atoms with Gasteiger partial charge in [-0.3, -0.25) is 4.79 Å². The van der Waals surface area contributed by atoms with Crippen LogP contribution in [0.1, 0.15) is 12.0 Å². The van der Waals surface area contributed by atoms with Crippen molar-refractivity contribution >= 4 is 5.91 Å². The Labute approximate surface area is 94.5 Å². The number of nitrogens with zero attached hydrogens (tertiary/aromatic N) is 1. The molecule has 1 fully saturated rings. The normalized spacial score (nSPS) is 24.6. The molecule has 88 valence electrons. The van der Waals surface area contributed by atoms with Crippen molar-refractivity contribution in [1.82, 2.24) is 15.2 Å². The molecule has 0 saturated carbocycles. The van der Waals surface area contributed by atoms with Gasteiger partial charge >= 0.3 is 0 Å². The molecular formula is C11H17N3O2. The summed E-state index contributed by atoms with van der Waals surface area (Å²) >= 11 is 0. The molecule has 16 heavy (non-hydrogen) atoms. The topological polar surface area (TPSA) is 66.3 Å². The van der Waals surface area contributed by atoms with Crippen LogP contribution in [-0.2, 0) is 18.4 Å². The Morgan fingerprint density at radius 3 is 3.12 bits per heavy atom. The summed E-state index contributed by atoms with van der Waals surface area (Å²) in [6.07, 6.45) is 4.02. The highest BCUT2D eigenvalue weighted by atomic mass is 16.3. The molecule has 2 rings (SSSR count). The molecule has 2 unspecified atom stereocenters. The Hall–Kier alpha value is -1.33. The fourth-order valence-electron chi connectivity index (χ4n) is 1.89. The van der Waals surface area contributed by atoms with Crippen LogP contribution in [-0.4, -0.2) is 34.3 Å². The maximum Gasteiger partial charge on any atom is 0.237 e. The quantitative estimate of drug-likeness (QED) is 0.639. The molecule has 1 aliphatic rings. The number of hydrogen-bond acceptors (Lipinski definition) is 3. The minimum Gasteiger partial charge on any atom is -0.392 e. The third kappa shape index (κ3) is 2.62. The van der Waals surface area contributed by atoms with Gasteiger partial charge in [-0.1, -0.05) is 0 Å². The summed E-state index contributed by atoms with van der Waals surface area (Å²) in [5.74, 6) is -0.0413. The lowest BCUT2D eigenvalue weighted by Gasteiger charge is -2.10. The number of hydrogen-bond donors (Lipinski definition) is 3. The van der Waals surface area contributed by atoms with E-state index in [2.05, 4.69) is 10.6 Å². The summed E-state index contributed by atoms with van der Waals surface area (Å²) in [6.45, 7) is 1.04. The lowest BCUT2D eigenvalue weighted by atomic mass is 10.2. The molecule has 5 nitrogen and oxygen atoms in total. The lowest BCUT2D eigenvalue weighted by Crippen LogP contribution is -2.39. The lowest BCUT2D eigenvalue weighted by molar-refractivity contribution is -0.123. The number of β-amino-alcohol motifs (C(OH)–C–C–N with tert-alkyl or cyclic N) is 1. The second kappa shape index (κ2) is 4.67. The van der Waals surface area contributed by atoms with E-state index in [1.807, 2.05) is 30.1 Å². The Balaban J connectivity index is 1.80. The molecule has 1 amide bonds. The first kappa shape index (κ1) is 11.2. The number of amides is 1. The molecular weight excluding hydrogens is 206 g/mol. The van der Waals surface area contributed by atoms with E-state index in [0.29, 0.717) is 19.5 Å². The van der Waals surface area contributed by atoms with Gasteiger partial charge in [0.05, 0.1) is 12.1 Å². The van der Waals surface area contributed by atoms with Crippen molar-refractivity contribution < 1.29 is 9.90 Å². The van der Waals surface area contributed by atoms with Crippen LogP contribution in [0.3, 0.4) is 0 Å². The zero-order valence-corrected chi connectivity index (χ0v) is 9.31. The number of aryl methyl sites for hydroxylation is 1. The van der Waals surface area contributed by atoms with Crippen molar-refractivity contribution in [3.05, 3.63) is 24.0 Å². The van der Waals surface area contributed by atoms with E-state index >= 15 is 0 Å². The summed E-state index contributed by atoms with van der Waals surface area (Å²) in [6, 6.07) is 1.72. The van der Waals surface area contributed by atoms with Gasteiger partial charge < -0.3 is 20.3 Å². The molecule has 0 bridgehead atoms. The average molecular weight is 223 g/mol. The van der Waals surface area contributed by atoms with Crippen LogP contribution in [0.2, 0.25) is 0 Å². The minimum absolute atomic E-state index is 0.0413. The summed E-state index contributed by atoms with van der Waals surface area (Å²) < 4.78 is 1.94. The summed E-state index contributed by atoms with van der Waals surface area (Å²) in [5.41, 5.74) is 1.08. The van der Waals surface area contributed by atoms with E-state index in [1.165, 1.54) is 0 Å². The third-order valence-electron chi connectivity index (χ3n) is 2.78. The number of aliphatic hydroxyl groups is 1. The van der Waals surface area contributed by atoms with Crippen molar-refractivity contribution in [2.45, 2.75) is 25.1 Å². The Morgan fingerprint density at radius 2 is 2.56 bits per heavy atom. The predicted octanol–water partition coefficient (Wildman–Crippen LogP) is -0.636. The number of carbonyl (C=O) groups excluding carboxylic acids is 1. The molecule has 0 spiro atoms. The Bertz CT molecular complexity index is 375. The summed E-state index contributed by atoms with van der Waals surface area (Å²) in [7, 11) is 1.94. The first-order chi connectivity index (χ1) is 7.65. The predicted molar refractivity (Wildman–Crippen MR) is 59.7 cm³/mol. The fraction of sp³-hybridized carbons (Fsp3) is 0.545. The number of aromatic nitrogens is 1. The van der Waals surface area contributed by atoms with Gasteiger partial charge in [-0.15, -0.1) is 0 Å². The van der Waals surface area contributed by atoms with E-state index in [-0.39, 0.29) is 11.9 Å². The Kier molecular flexibility index (Phi) is 3.26. The number of aliphatic hydroxyl groups excluding tert-OH is 1. The molecule has 0 aliphatic carbocycles. The van der Waals surface area contributed by atoms with Crippen molar-refractivity contribution in [1.29, 1.82) is 0 Å². The molecule has 2 heterocycles. The van der Waals surface area contributed by atoms with Gasteiger partial charge in [-0.2, -0.15) is 0 Å². The summed E-state index contributed by atoms with van der Waals surface area (Å²) in [5, 5.41) is 15.1. The van der Waals surface area contributed by atoms with Crippen molar-refractivity contribution in [2.75, 3.05) is 6.54 Å². The summed E-state index contributed by atoms with van der Waals surface area (Å²) in [4.78, 5) is 11.7. The fourth-order valence-corrected chi connectivity index (χ4v) is 1.89. The van der Waals surface area contributed by atoms with Crippen molar-refractivity contribution in [3.63, 3.8) is 0 Å². The minimum atomic E-state index is -0.396. The van der Waals surface area contributed by atoms with E-state index in [4.69, 9.17) is 0 Å². The van der Waals surface area contributed by atoms with Gasteiger partial charge in [0.1, 0.15) is 0 Å². The zero-order chi connectivity index (χ0) is 11.5. The molecule has 0 radical (unpaired) electrons. The molecule has 1 aliphatic heterocycles. The second-order valence-corrected chi connectivity index (χ2v) is 4.25. The largest absolute Gasteiger partial charge is 0.392 e. The van der Waals surface area contributed by atoms with Crippen molar-refractivity contribution in [3.8, 4) is 0 Å². The molecule has 0 aromatic carbocycles. The highest BCUT2D eigenvalue weighted by molar-refractivity contribution is 5.82. The molecule has 3 N–H and O–H groups in total. The van der Waals surface area contributed by atoms with E-state index in [1.54, 1.807) is 0 Å². The highest BCUT2D eigenvalue weighted by Gasteiger charge is 2.27. The average Bonchev–Trinajstić information content (AvgIpc) is 2.84. The smallest absolute Gasteiger partial charge is 0.237 e. The van der Waals surface area contributed by atoms with E-state index in [9.17, 15) is 9.90 Å². The molecule has 2 atom stereocenters. The van der Waals surface area contributed by atoms with Crippen LogP contribution >= 0.6 is 0 Å². The van der Waals surface area contributed by atoms with Gasteiger partial charge in [-0.25, -0.2) is 0 Å². The first-order valence-corrected chi connectivity index (χ1v) is 5.45. The van der Waals surface area contributed by atoms with E-state index < -0.39 is 6.10 Å². The van der Waals surface area contributed by atoms with Crippen LogP contribution in [0.5, 0.6) is 0 Å². The van der Waals surface area contributed by atoms with Crippen LogP contribution in [0, 0.1) is 0 Å².